The van der Waals surface area contributed by atoms with Gasteiger partial charge in [0, 0.05) is 21.6 Å². The predicted molar refractivity (Wildman–Crippen MR) is 203 cm³/mol. The van der Waals surface area contributed by atoms with E-state index in [9.17, 15) is 39.6 Å². The monoisotopic (exact) mass is 736 g/mol. The molecule has 1 aromatic carbocycles. The van der Waals surface area contributed by atoms with Gasteiger partial charge in [-0.3, -0.25) is 9.59 Å². The van der Waals surface area contributed by atoms with E-state index in [4.69, 9.17) is 0 Å². The van der Waals surface area contributed by atoms with Crippen LogP contribution in [-0.4, -0.2) is 44.6 Å². The molecule has 2 N–H and O–H groups in total. The van der Waals surface area contributed by atoms with E-state index in [1.807, 2.05) is 13.8 Å². The topological polar surface area (TPSA) is 155 Å². The van der Waals surface area contributed by atoms with Crippen molar-refractivity contribution in [1.29, 1.82) is 0 Å². The summed E-state index contributed by atoms with van der Waals surface area (Å²) in [4.78, 5) is 49.6. The predicted octanol–water partition coefficient (Wildman–Crippen LogP) is 9.53. The highest BCUT2D eigenvalue weighted by atomic mass is 32.2. The highest BCUT2D eigenvalue weighted by Gasteiger charge is 2.32. The molecule has 4 unspecified atom stereocenters. The zero-order chi connectivity index (χ0) is 37.3. The van der Waals surface area contributed by atoms with Gasteiger partial charge in [-0.1, -0.05) is 155 Å². The molecule has 8 nitrogen and oxygen atoms in total. The van der Waals surface area contributed by atoms with E-state index in [0.29, 0.717) is 31.2 Å². The van der Waals surface area contributed by atoms with Gasteiger partial charge in [0.15, 0.2) is 0 Å². The van der Waals surface area contributed by atoms with Crippen LogP contribution in [0.25, 0.3) is 0 Å². The summed E-state index contributed by atoms with van der Waals surface area (Å²) >= 11 is 2.40. The summed E-state index contributed by atoms with van der Waals surface area (Å²) in [7, 11) is 0. The van der Waals surface area contributed by atoms with Gasteiger partial charge < -0.3 is 30.0 Å². The third kappa shape index (κ3) is 17.3. The molecule has 0 amide bonds. The van der Waals surface area contributed by atoms with Crippen LogP contribution < -0.4 is 10.2 Å². The highest BCUT2D eigenvalue weighted by Crippen LogP contribution is 2.47. The lowest BCUT2D eigenvalue weighted by Gasteiger charge is -2.31. The number of rotatable bonds is 32. The van der Waals surface area contributed by atoms with Crippen LogP contribution in [0.2, 0.25) is 0 Å². The second kappa shape index (κ2) is 27.5. The number of carboxylic acid groups (broad SMARTS) is 4. The molecule has 0 aliphatic heterocycles. The highest BCUT2D eigenvalue weighted by molar-refractivity contribution is 8.01. The number of thioether (sulfide) groups is 2. The third-order valence-corrected chi connectivity index (χ3v) is 12.8. The van der Waals surface area contributed by atoms with Crippen LogP contribution in [0.15, 0.2) is 12.1 Å². The minimum atomic E-state index is -1.67. The summed E-state index contributed by atoms with van der Waals surface area (Å²) in [5, 5.41) is 42.4. The van der Waals surface area contributed by atoms with Crippen LogP contribution >= 0.6 is 23.5 Å². The maximum atomic E-state index is 12.6. The van der Waals surface area contributed by atoms with Gasteiger partial charge >= 0.3 is 11.9 Å². The molecule has 0 saturated carbocycles. The fraction of sp³-hybridized carbons (Fsp3) is 0.750. The first-order chi connectivity index (χ1) is 24.0. The molecule has 1 rings (SSSR count). The average Bonchev–Trinajstić information content (AvgIpc) is 3.08. The molecule has 50 heavy (non-hydrogen) atoms. The first-order valence-corrected chi connectivity index (χ1v) is 21.3. The lowest BCUT2D eigenvalue weighted by atomic mass is 9.90. The largest absolute Gasteiger partial charge is 0.545 e. The van der Waals surface area contributed by atoms with E-state index in [1.165, 1.54) is 82.0 Å². The van der Waals surface area contributed by atoms with E-state index < -0.39 is 56.0 Å². The standard InChI is InChI=1S/C40H66O8S2/c1-5-9-11-13-15-17-19-21-23-25-33(38(43)44)49-31(7-3)29-27-28-30(37(41)42)36(40(47)48)35(29)32(8-4)50-34(39(45)46)26-24-22-20-18-16-14-12-10-6-2/h27-28,31-34H,5-26H2,1-4H3,(H,41,42)(H,43,44)(H,45,46)(H,47,48)/p-2. The molecule has 0 fully saturated rings. The first-order valence-electron chi connectivity index (χ1n) is 19.4. The number of hydrogen-bond donors (Lipinski definition) is 2. The van der Waals surface area contributed by atoms with E-state index in [-0.39, 0.29) is 5.56 Å². The quantitative estimate of drug-likeness (QED) is 0.0683. The third-order valence-electron chi connectivity index (χ3n) is 9.46. The van der Waals surface area contributed by atoms with Crippen LogP contribution in [0.3, 0.4) is 0 Å². The van der Waals surface area contributed by atoms with E-state index in [0.717, 1.165) is 63.1 Å². The van der Waals surface area contributed by atoms with Gasteiger partial charge in [0.1, 0.15) is 10.5 Å². The molecule has 0 bridgehead atoms. The minimum Gasteiger partial charge on any atom is -0.545 e. The Bertz CT molecular complexity index is 1140. The fourth-order valence-electron chi connectivity index (χ4n) is 6.59. The maximum absolute atomic E-state index is 12.6. The molecular formula is C40H64O8S2-2. The van der Waals surface area contributed by atoms with Gasteiger partial charge in [-0.2, -0.15) is 0 Å². The summed E-state index contributed by atoms with van der Waals surface area (Å²) in [5.74, 6) is -5.26. The second-order valence-electron chi connectivity index (χ2n) is 13.5. The van der Waals surface area contributed by atoms with Crippen molar-refractivity contribution in [2.45, 2.75) is 190 Å². The minimum absolute atomic E-state index is 0.212. The summed E-state index contributed by atoms with van der Waals surface area (Å²) in [6, 6.07) is 2.76. The van der Waals surface area contributed by atoms with E-state index in [2.05, 4.69) is 13.8 Å². The summed E-state index contributed by atoms with van der Waals surface area (Å²) in [5.41, 5.74) is -0.285. The number of hydrogen-bond acceptors (Lipinski definition) is 8. The molecule has 286 valence electrons. The normalized spacial score (nSPS) is 13.8. The lowest BCUT2D eigenvalue weighted by molar-refractivity contribution is -0.259. The number of unbranched alkanes of at least 4 members (excludes halogenated alkanes) is 16. The van der Waals surface area contributed by atoms with Gasteiger partial charge in [-0.25, -0.2) is 0 Å². The van der Waals surface area contributed by atoms with Crippen molar-refractivity contribution in [2.75, 3.05) is 0 Å². The molecule has 0 saturated heterocycles. The van der Waals surface area contributed by atoms with Gasteiger partial charge in [0.2, 0.25) is 0 Å². The SMILES string of the molecule is CCCCCCCCCCCC(SC(CC)c1ccc(C(=O)[O-])c(C(=O)[O-])c1C(CC)SC(CCCCCCCCCCC)C(=O)O)C(=O)O. The Labute approximate surface area is 310 Å². The van der Waals surface area contributed by atoms with Crippen molar-refractivity contribution in [3.8, 4) is 0 Å². The Balaban J connectivity index is 3.20. The molecule has 0 aromatic heterocycles. The Morgan fingerprint density at radius 2 is 0.940 bits per heavy atom. The van der Waals surface area contributed by atoms with Crippen LogP contribution in [0.5, 0.6) is 0 Å². The number of carboxylic acids is 4. The van der Waals surface area contributed by atoms with Crippen molar-refractivity contribution >= 4 is 47.4 Å². The first kappa shape index (κ1) is 45.8. The van der Waals surface area contributed by atoms with Crippen LogP contribution in [-0.2, 0) is 9.59 Å². The van der Waals surface area contributed by atoms with E-state index >= 15 is 0 Å². The Morgan fingerprint density at radius 1 is 0.560 bits per heavy atom. The molecule has 10 heteroatoms. The number of benzene rings is 1. The molecule has 0 aliphatic carbocycles. The van der Waals surface area contributed by atoms with Crippen molar-refractivity contribution in [3.05, 3.63) is 34.4 Å². The summed E-state index contributed by atoms with van der Waals surface area (Å²) in [6.45, 7) is 8.10. The van der Waals surface area contributed by atoms with Gasteiger partial charge in [0.25, 0.3) is 0 Å². The molecular weight excluding hydrogens is 673 g/mol. The maximum Gasteiger partial charge on any atom is 0.316 e. The molecule has 4 atom stereocenters. The van der Waals surface area contributed by atoms with Crippen molar-refractivity contribution < 1.29 is 39.6 Å². The molecule has 0 radical (unpaired) electrons. The van der Waals surface area contributed by atoms with Crippen LogP contribution in [0, 0.1) is 0 Å². The Hall–Kier alpha value is -2.20. The van der Waals surface area contributed by atoms with Crippen molar-refractivity contribution in [2.24, 2.45) is 0 Å². The molecule has 0 spiro atoms. The molecule has 0 aliphatic rings. The lowest BCUT2D eigenvalue weighted by Crippen LogP contribution is -2.32. The van der Waals surface area contributed by atoms with Crippen LogP contribution in [0.4, 0.5) is 0 Å². The van der Waals surface area contributed by atoms with Crippen LogP contribution in [0.1, 0.15) is 211 Å². The Kier molecular flexibility index (Phi) is 25.2. The van der Waals surface area contributed by atoms with Crippen molar-refractivity contribution in [3.63, 3.8) is 0 Å². The number of carbonyl (C=O) groups is 4. The average molecular weight is 737 g/mol. The molecule has 1 aromatic rings. The van der Waals surface area contributed by atoms with Gasteiger partial charge in [-0.15, -0.1) is 23.5 Å². The zero-order valence-electron chi connectivity index (χ0n) is 31.2. The number of carbonyl (C=O) groups excluding carboxylic acids is 2. The summed E-state index contributed by atoms with van der Waals surface area (Å²) in [6.07, 6.45) is 21.6. The second-order valence-corrected chi connectivity index (χ2v) is 16.3. The van der Waals surface area contributed by atoms with E-state index in [1.54, 1.807) is 6.07 Å². The zero-order valence-corrected chi connectivity index (χ0v) is 32.8. The van der Waals surface area contributed by atoms with Gasteiger partial charge in [0.05, 0.1) is 11.9 Å². The number of aromatic carboxylic acids is 2. The van der Waals surface area contributed by atoms with Gasteiger partial charge in [-0.05, 0) is 36.8 Å². The molecule has 0 heterocycles. The van der Waals surface area contributed by atoms with Crippen molar-refractivity contribution in [1.82, 2.24) is 0 Å². The number of aliphatic carboxylic acids is 2. The summed E-state index contributed by atoms with van der Waals surface area (Å²) < 4.78 is 0. The smallest absolute Gasteiger partial charge is 0.316 e. The Morgan fingerprint density at radius 3 is 1.28 bits per heavy atom. The fourth-order valence-corrected chi connectivity index (χ4v) is 9.35.